The van der Waals surface area contributed by atoms with E-state index in [0.717, 1.165) is 0 Å². The summed E-state index contributed by atoms with van der Waals surface area (Å²) in [5, 5.41) is 4.21. The molecule has 0 amide bonds. The average Bonchev–Trinajstić information content (AvgIpc) is 2.92. The number of benzene rings is 2. The van der Waals surface area contributed by atoms with E-state index in [-0.39, 0.29) is 0 Å². The minimum atomic E-state index is -0.506. The summed E-state index contributed by atoms with van der Waals surface area (Å²) in [4.78, 5) is 19.2. The molecule has 1 aromatic heterocycles. The van der Waals surface area contributed by atoms with Gasteiger partial charge in [0.1, 0.15) is 0 Å². The number of rotatable bonds is 3. The van der Waals surface area contributed by atoms with Crippen molar-refractivity contribution in [3.8, 4) is 0 Å². The predicted octanol–water partition coefficient (Wildman–Crippen LogP) is 5.05. The molecular weight excluding hydrogens is 361 g/mol. The van der Waals surface area contributed by atoms with E-state index in [1.165, 1.54) is 13.2 Å². The second-order valence-electron chi connectivity index (χ2n) is 4.65. The van der Waals surface area contributed by atoms with Gasteiger partial charge in [-0.25, -0.2) is 9.78 Å². The van der Waals surface area contributed by atoms with Crippen LogP contribution in [0.3, 0.4) is 0 Å². The standard InChI is InChI=1S/C15H10Cl3N3O2/c1-23-14(22)8-5-7(16)6-11-13(8)21-15(20-11)19-10-4-2-3-9(17)12(10)18/h2-6H,1H3,(H2,19,20,21). The van der Waals surface area contributed by atoms with E-state index in [2.05, 4.69) is 15.3 Å². The van der Waals surface area contributed by atoms with Gasteiger partial charge in [0.2, 0.25) is 5.95 Å². The maximum atomic E-state index is 11.9. The number of fused-ring (bicyclic) bond motifs is 1. The summed E-state index contributed by atoms with van der Waals surface area (Å²) in [5.41, 5.74) is 1.93. The van der Waals surface area contributed by atoms with Gasteiger partial charge in [0.15, 0.2) is 0 Å². The molecule has 0 saturated carbocycles. The third-order valence-corrected chi connectivity index (χ3v) is 4.21. The highest BCUT2D eigenvalue weighted by molar-refractivity contribution is 6.43. The van der Waals surface area contributed by atoms with E-state index in [4.69, 9.17) is 39.5 Å². The average molecular weight is 371 g/mol. The van der Waals surface area contributed by atoms with E-state index < -0.39 is 5.97 Å². The van der Waals surface area contributed by atoms with Gasteiger partial charge in [-0.15, -0.1) is 0 Å². The number of nitrogens with one attached hydrogen (secondary N) is 2. The number of esters is 1. The highest BCUT2D eigenvalue weighted by Crippen LogP contribution is 2.32. The fraction of sp³-hybridized carbons (Fsp3) is 0.0667. The predicted molar refractivity (Wildman–Crippen MR) is 92.2 cm³/mol. The Labute approximate surface area is 146 Å². The van der Waals surface area contributed by atoms with Gasteiger partial charge in [-0.05, 0) is 24.3 Å². The van der Waals surface area contributed by atoms with Crippen molar-refractivity contribution in [1.82, 2.24) is 9.97 Å². The number of H-pyrrole nitrogens is 1. The zero-order valence-electron chi connectivity index (χ0n) is 11.8. The lowest BCUT2D eigenvalue weighted by Gasteiger charge is -2.06. The number of methoxy groups -OCH3 is 1. The van der Waals surface area contributed by atoms with Crippen LogP contribution in [0.1, 0.15) is 10.4 Å². The molecule has 5 nitrogen and oxygen atoms in total. The number of ether oxygens (including phenoxy) is 1. The number of aromatic amines is 1. The molecule has 1 heterocycles. The Morgan fingerprint density at radius 2 is 2.04 bits per heavy atom. The quantitative estimate of drug-likeness (QED) is 0.633. The van der Waals surface area contributed by atoms with Crippen LogP contribution >= 0.6 is 34.8 Å². The van der Waals surface area contributed by atoms with E-state index in [1.54, 1.807) is 24.3 Å². The van der Waals surface area contributed by atoms with Crippen LogP contribution < -0.4 is 5.32 Å². The first-order valence-corrected chi connectivity index (χ1v) is 7.61. The van der Waals surface area contributed by atoms with Gasteiger partial charge in [0, 0.05) is 5.02 Å². The Kier molecular flexibility index (Phi) is 4.35. The molecule has 23 heavy (non-hydrogen) atoms. The molecule has 2 N–H and O–H groups in total. The SMILES string of the molecule is COC(=O)c1cc(Cl)cc2nc(Nc3cccc(Cl)c3Cl)[nH]c12. The van der Waals surface area contributed by atoms with Gasteiger partial charge in [-0.2, -0.15) is 0 Å². The van der Waals surface area contributed by atoms with Crippen LogP contribution in [0, 0.1) is 0 Å². The minimum absolute atomic E-state index is 0.299. The summed E-state index contributed by atoms with van der Waals surface area (Å²) in [5.74, 6) is -0.106. The van der Waals surface area contributed by atoms with Crippen molar-refractivity contribution in [2.24, 2.45) is 0 Å². The number of imidazole rings is 1. The maximum absolute atomic E-state index is 11.9. The summed E-state index contributed by atoms with van der Waals surface area (Å²) in [6.07, 6.45) is 0. The van der Waals surface area contributed by atoms with Crippen LogP contribution in [0.5, 0.6) is 0 Å². The number of hydrogen-bond acceptors (Lipinski definition) is 4. The molecule has 0 aliphatic rings. The maximum Gasteiger partial charge on any atom is 0.340 e. The first kappa shape index (κ1) is 15.9. The van der Waals surface area contributed by atoms with E-state index in [0.29, 0.717) is 43.3 Å². The van der Waals surface area contributed by atoms with Gasteiger partial charge in [0.05, 0.1) is 39.4 Å². The molecule has 0 bridgehead atoms. The molecular formula is C15H10Cl3N3O2. The molecule has 0 aliphatic heterocycles. The molecule has 0 aliphatic carbocycles. The summed E-state index contributed by atoms with van der Waals surface area (Å²) < 4.78 is 4.76. The van der Waals surface area contributed by atoms with Crippen molar-refractivity contribution in [2.45, 2.75) is 0 Å². The lowest BCUT2D eigenvalue weighted by Crippen LogP contribution is -2.02. The number of carbonyl (C=O) groups is 1. The molecule has 2 aromatic carbocycles. The van der Waals surface area contributed by atoms with Crippen LogP contribution in [0.2, 0.25) is 15.1 Å². The van der Waals surface area contributed by atoms with Crippen molar-refractivity contribution in [3.05, 3.63) is 51.0 Å². The fourth-order valence-corrected chi connectivity index (χ4v) is 2.70. The Morgan fingerprint density at radius 1 is 1.26 bits per heavy atom. The normalized spacial score (nSPS) is 10.8. The van der Waals surface area contributed by atoms with Crippen molar-refractivity contribution >= 4 is 63.4 Å². The minimum Gasteiger partial charge on any atom is -0.465 e. The lowest BCUT2D eigenvalue weighted by molar-refractivity contribution is 0.0603. The van der Waals surface area contributed by atoms with Crippen molar-refractivity contribution < 1.29 is 9.53 Å². The van der Waals surface area contributed by atoms with E-state index in [9.17, 15) is 4.79 Å². The van der Waals surface area contributed by atoms with Crippen LogP contribution in [-0.4, -0.2) is 23.0 Å². The Morgan fingerprint density at radius 3 is 2.78 bits per heavy atom. The number of anilines is 2. The summed E-state index contributed by atoms with van der Waals surface area (Å²) in [6.45, 7) is 0. The Balaban J connectivity index is 2.06. The van der Waals surface area contributed by atoms with Gasteiger partial charge >= 0.3 is 5.97 Å². The molecule has 0 fully saturated rings. The zero-order chi connectivity index (χ0) is 16.6. The number of hydrogen-bond donors (Lipinski definition) is 2. The third kappa shape index (κ3) is 3.08. The lowest BCUT2D eigenvalue weighted by atomic mass is 10.2. The Hall–Kier alpha value is -1.95. The van der Waals surface area contributed by atoms with Crippen LogP contribution in [0.4, 0.5) is 11.6 Å². The first-order valence-electron chi connectivity index (χ1n) is 6.48. The number of halogens is 3. The number of carbonyl (C=O) groups excluding carboxylic acids is 1. The highest BCUT2D eigenvalue weighted by Gasteiger charge is 2.16. The Bertz CT molecular complexity index is 908. The number of aromatic nitrogens is 2. The second-order valence-corrected chi connectivity index (χ2v) is 5.87. The van der Waals surface area contributed by atoms with Crippen LogP contribution in [-0.2, 0) is 4.74 Å². The number of nitrogens with zero attached hydrogens (tertiary/aromatic N) is 1. The molecule has 0 atom stereocenters. The van der Waals surface area contributed by atoms with Crippen molar-refractivity contribution in [2.75, 3.05) is 12.4 Å². The third-order valence-electron chi connectivity index (χ3n) is 3.17. The van der Waals surface area contributed by atoms with Gasteiger partial charge < -0.3 is 15.0 Å². The fourth-order valence-electron chi connectivity index (χ4n) is 2.14. The monoisotopic (exact) mass is 369 g/mol. The summed E-state index contributed by atoms with van der Waals surface area (Å²) >= 11 is 18.1. The van der Waals surface area contributed by atoms with Gasteiger partial charge in [0.25, 0.3) is 0 Å². The first-order chi connectivity index (χ1) is 11.0. The molecule has 0 saturated heterocycles. The van der Waals surface area contributed by atoms with Crippen LogP contribution in [0.25, 0.3) is 11.0 Å². The smallest absolute Gasteiger partial charge is 0.340 e. The molecule has 0 spiro atoms. The van der Waals surface area contributed by atoms with Crippen LogP contribution in [0.15, 0.2) is 30.3 Å². The summed E-state index contributed by atoms with van der Waals surface area (Å²) in [6, 6.07) is 8.36. The molecule has 118 valence electrons. The van der Waals surface area contributed by atoms with E-state index in [1.807, 2.05) is 0 Å². The molecule has 3 rings (SSSR count). The molecule has 0 unspecified atom stereocenters. The zero-order valence-corrected chi connectivity index (χ0v) is 14.1. The molecule has 3 aromatic rings. The summed E-state index contributed by atoms with van der Waals surface area (Å²) in [7, 11) is 1.30. The van der Waals surface area contributed by atoms with Gasteiger partial charge in [-0.3, -0.25) is 0 Å². The van der Waals surface area contributed by atoms with Crippen molar-refractivity contribution in [1.29, 1.82) is 0 Å². The molecule has 0 radical (unpaired) electrons. The highest BCUT2D eigenvalue weighted by atomic mass is 35.5. The van der Waals surface area contributed by atoms with E-state index >= 15 is 0 Å². The largest absolute Gasteiger partial charge is 0.465 e. The molecule has 8 heteroatoms. The van der Waals surface area contributed by atoms with Crippen molar-refractivity contribution in [3.63, 3.8) is 0 Å². The topological polar surface area (TPSA) is 67.0 Å². The van der Waals surface area contributed by atoms with Gasteiger partial charge in [-0.1, -0.05) is 40.9 Å². The second kappa shape index (κ2) is 6.28.